The molecule has 0 aliphatic carbocycles. The highest BCUT2D eigenvalue weighted by molar-refractivity contribution is 6.30. The maximum absolute atomic E-state index is 11.8. The van der Waals surface area contributed by atoms with Crippen molar-refractivity contribution in [3.05, 3.63) is 100 Å². The largest absolute Gasteiger partial charge is 0.733 e. The van der Waals surface area contributed by atoms with Crippen LogP contribution in [0.3, 0.4) is 0 Å². The molecule has 1 aliphatic heterocycles. The number of alkyl halides is 2. The zero-order valence-corrected chi connectivity index (χ0v) is 16.8. The standard InChI is InChI=1S/C22H19Cl2N2O3/c23-19(13-7-3-1-4-8-13)20(24)16-11-15-17(12-18(16)26(28)29)25-21(22(15)27)14-9-5-2-6-10-14/h1-12,19-22,25,27-28H/q-1. The van der Waals surface area contributed by atoms with Crippen LogP contribution in [-0.4, -0.2) is 10.3 Å². The number of fused-ring (bicyclic) bond motifs is 1. The lowest BCUT2D eigenvalue weighted by Gasteiger charge is -2.29. The molecule has 4 rings (SSSR count). The van der Waals surface area contributed by atoms with Crippen molar-refractivity contribution in [2.45, 2.75) is 22.9 Å². The van der Waals surface area contributed by atoms with Crippen molar-refractivity contribution < 1.29 is 10.3 Å². The second-order valence-corrected chi connectivity index (χ2v) is 7.90. The van der Waals surface area contributed by atoms with E-state index in [4.69, 9.17) is 23.2 Å². The molecule has 1 heterocycles. The van der Waals surface area contributed by atoms with Gasteiger partial charge in [0.05, 0.1) is 22.5 Å². The highest BCUT2D eigenvalue weighted by Crippen LogP contribution is 2.49. The van der Waals surface area contributed by atoms with Crippen LogP contribution >= 0.6 is 23.2 Å². The predicted molar refractivity (Wildman–Crippen MR) is 115 cm³/mol. The van der Waals surface area contributed by atoms with Crippen LogP contribution in [0, 0.1) is 5.21 Å². The molecule has 0 spiro atoms. The molecule has 0 bridgehead atoms. The summed E-state index contributed by atoms with van der Waals surface area (Å²) in [4.78, 5) is 0. The summed E-state index contributed by atoms with van der Waals surface area (Å²) in [6.45, 7) is 0. The first-order valence-corrected chi connectivity index (χ1v) is 10.0. The molecule has 5 nitrogen and oxygen atoms in total. The topological polar surface area (TPSA) is 78.8 Å². The third-order valence-electron chi connectivity index (χ3n) is 5.18. The summed E-state index contributed by atoms with van der Waals surface area (Å²) >= 11 is 13.2. The second kappa shape index (κ2) is 8.22. The molecular formula is C22H19Cl2N2O3-. The van der Waals surface area contributed by atoms with Gasteiger partial charge in [-0.25, -0.2) is 0 Å². The molecule has 4 atom stereocenters. The minimum atomic E-state index is -0.839. The van der Waals surface area contributed by atoms with E-state index in [0.29, 0.717) is 16.8 Å². The molecule has 3 aromatic rings. The summed E-state index contributed by atoms with van der Waals surface area (Å²) in [6.07, 6.45) is -0.839. The Morgan fingerprint density at radius 2 is 1.55 bits per heavy atom. The van der Waals surface area contributed by atoms with E-state index >= 15 is 0 Å². The van der Waals surface area contributed by atoms with Crippen LogP contribution in [0.5, 0.6) is 0 Å². The van der Waals surface area contributed by atoms with E-state index < -0.39 is 16.9 Å². The quantitative estimate of drug-likeness (QED) is 0.350. The highest BCUT2D eigenvalue weighted by Gasteiger charge is 2.34. The van der Waals surface area contributed by atoms with Gasteiger partial charge in [-0.2, -0.15) is 0 Å². The van der Waals surface area contributed by atoms with Gasteiger partial charge in [-0.1, -0.05) is 60.7 Å². The lowest BCUT2D eigenvalue weighted by molar-refractivity contribution is 0.164. The lowest BCUT2D eigenvalue weighted by atomic mass is 9.95. The molecule has 3 N–H and O–H groups in total. The van der Waals surface area contributed by atoms with Crippen molar-refractivity contribution in [3.63, 3.8) is 0 Å². The Kier molecular flexibility index (Phi) is 5.67. The first-order chi connectivity index (χ1) is 14.0. The molecule has 0 aromatic heterocycles. The number of nitrogens with one attached hydrogen (secondary N) is 1. The molecule has 0 fully saturated rings. The first kappa shape index (κ1) is 20.0. The summed E-state index contributed by atoms with van der Waals surface area (Å²) in [7, 11) is 0. The predicted octanol–water partition coefficient (Wildman–Crippen LogP) is 5.84. The first-order valence-electron chi connectivity index (χ1n) is 9.14. The third-order valence-corrected chi connectivity index (χ3v) is 6.30. The van der Waals surface area contributed by atoms with E-state index in [-0.39, 0.29) is 17.0 Å². The van der Waals surface area contributed by atoms with Gasteiger partial charge in [0.25, 0.3) is 0 Å². The van der Waals surface area contributed by atoms with E-state index in [0.717, 1.165) is 11.1 Å². The van der Waals surface area contributed by atoms with Crippen LogP contribution in [0.2, 0.25) is 0 Å². The fraction of sp³-hybridized carbons (Fsp3) is 0.182. The van der Waals surface area contributed by atoms with Crippen molar-refractivity contribution in [3.8, 4) is 0 Å². The zero-order chi connectivity index (χ0) is 20.5. The maximum atomic E-state index is 11.8. The van der Waals surface area contributed by atoms with E-state index in [1.165, 1.54) is 6.07 Å². The van der Waals surface area contributed by atoms with E-state index in [9.17, 15) is 15.5 Å². The van der Waals surface area contributed by atoms with Crippen LogP contribution in [0.25, 0.3) is 0 Å². The van der Waals surface area contributed by atoms with Gasteiger partial charge in [-0.05, 0) is 28.8 Å². The Morgan fingerprint density at radius 1 is 0.931 bits per heavy atom. The molecular weight excluding hydrogens is 411 g/mol. The summed E-state index contributed by atoms with van der Waals surface area (Å²) < 4.78 is 0. The summed E-state index contributed by atoms with van der Waals surface area (Å²) in [5.41, 5.74) is 3.19. The molecule has 0 amide bonds. The molecule has 0 saturated carbocycles. The average Bonchev–Trinajstić information content (AvgIpc) is 3.08. The Bertz CT molecular complexity index is 986. The maximum Gasteiger partial charge on any atom is 0.105 e. The van der Waals surface area contributed by atoms with Crippen molar-refractivity contribution >= 4 is 34.6 Å². The van der Waals surface area contributed by atoms with Gasteiger partial charge in [0, 0.05) is 11.3 Å². The molecule has 7 heteroatoms. The number of nitrogens with zero attached hydrogens (tertiary/aromatic N) is 1. The number of aliphatic hydroxyl groups is 1. The third kappa shape index (κ3) is 3.80. The second-order valence-electron chi connectivity index (χ2n) is 6.96. The summed E-state index contributed by atoms with van der Waals surface area (Å²) in [5, 5.41) is 34.0. The smallest absolute Gasteiger partial charge is 0.105 e. The monoisotopic (exact) mass is 429 g/mol. The minimum Gasteiger partial charge on any atom is -0.733 e. The Balaban J connectivity index is 1.73. The van der Waals surface area contributed by atoms with Crippen LogP contribution in [0.15, 0.2) is 72.8 Å². The normalized spacial score (nSPS) is 19.9. The number of hydrogen-bond acceptors (Lipinski definition) is 5. The van der Waals surface area contributed by atoms with Gasteiger partial charge in [-0.15, -0.1) is 23.2 Å². The molecule has 150 valence electrons. The SMILES string of the molecule is [O-]N(O)c1cc2c(cc1C(Cl)C(Cl)c1ccccc1)C(O)C(c1ccccc1)N2. The van der Waals surface area contributed by atoms with Crippen LogP contribution in [0.4, 0.5) is 11.4 Å². The van der Waals surface area contributed by atoms with E-state index in [1.807, 2.05) is 60.7 Å². The molecule has 1 aliphatic rings. The Morgan fingerprint density at radius 3 is 2.17 bits per heavy atom. The average molecular weight is 430 g/mol. The fourth-order valence-corrected chi connectivity index (χ4v) is 4.30. The van der Waals surface area contributed by atoms with Gasteiger partial charge in [0.15, 0.2) is 0 Å². The van der Waals surface area contributed by atoms with Gasteiger partial charge < -0.3 is 20.9 Å². The number of anilines is 2. The molecule has 29 heavy (non-hydrogen) atoms. The number of benzene rings is 3. The molecule has 3 aromatic carbocycles. The van der Waals surface area contributed by atoms with Crippen LogP contribution in [-0.2, 0) is 0 Å². The summed E-state index contributed by atoms with van der Waals surface area (Å²) in [5.74, 6) is 0. The van der Waals surface area contributed by atoms with Crippen molar-refractivity contribution in [2.75, 3.05) is 10.5 Å². The Hall–Kier alpha value is -2.28. The highest BCUT2D eigenvalue weighted by atomic mass is 35.5. The lowest BCUT2D eigenvalue weighted by Crippen LogP contribution is -2.13. The van der Waals surface area contributed by atoms with Gasteiger partial charge >= 0.3 is 0 Å². The van der Waals surface area contributed by atoms with Crippen molar-refractivity contribution in [1.29, 1.82) is 0 Å². The van der Waals surface area contributed by atoms with Gasteiger partial charge in [-0.3, -0.25) is 5.21 Å². The van der Waals surface area contributed by atoms with E-state index in [2.05, 4.69) is 5.32 Å². The van der Waals surface area contributed by atoms with Gasteiger partial charge in [0.1, 0.15) is 6.10 Å². The van der Waals surface area contributed by atoms with Crippen molar-refractivity contribution in [2.24, 2.45) is 0 Å². The number of rotatable bonds is 5. The molecule has 0 radical (unpaired) electrons. The van der Waals surface area contributed by atoms with Crippen LogP contribution < -0.4 is 10.5 Å². The zero-order valence-electron chi connectivity index (χ0n) is 15.2. The summed E-state index contributed by atoms with van der Waals surface area (Å²) in [6, 6.07) is 21.5. The molecule has 0 saturated heterocycles. The fourth-order valence-electron chi connectivity index (χ4n) is 3.69. The van der Waals surface area contributed by atoms with Crippen LogP contribution in [0.1, 0.15) is 45.2 Å². The Labute approximate surface area is 178 Å². The minimum absolute atomic E-state index is 0.0151. The van der Waals surface area contributed by atoms with E-state index in [1.54, 1.807) is 6.07 Å². The van der Waals surface area contributed by atoms with Crippen molar-refractivity contribution in [1.82, 2.24) is 0 Å². The number of hydrogen-bond donors (Lipinski definition) is 3. The van der Waals surface area contributed by atoms with Gasteiger partial charge in [0.2, 0.25) is 0 Å². The number of halogens is 2. The molecule has 4 unspecified atom stereocenters. The number of aliphatic hydroxyl groups excluding tert-OH is 1.